The molecule has 0 atom stereocenters. The van der Waals surface area contributed by atoms with E-state index in [1.807, 2.05) is 0 Å². The third-order valence-corrected chi connectivity index (χ3v) is 6.02. The van der Waals surface area contributed by atoms with Crippen LogP contribution < -0.4 is 4.90 Å². The Bertz CT molecular complexity index is 1490. The second-order valence-corrected chi connectivity index (χ2v) is 8.30. The van der Waals surface area contributed by atoms with Crippen LogP contribution in [0.25, 0.3) is 22.5 Å². The van der Waals surface area contributed by atoms with Crippen molar-refractivity contribution in [3.8, 4) is 22.5 Å². The van der Waals surface area contributed by atoms with Crippen LogP contribution in [0.15, 0.2) is 67.0 Å². The Morgan fingerprint density at radius 2 is 1.53 bits per heavy atom. The van der Waals surface area contributed by atoms with Gasteiger partial charge in [0.2, 0.25) is 0 Å². The van der Waals surface area contributed by atoms with Crippen molar-refractivity contribution in [1.29, 1.82) is 0 Å². The molecule has 1 aliphatic rings. The fraction of sp³-hybridized carbons (Fsp3) is 0.160. The van der Waals surface area contributed by atoms with Crippen molar-refractivity contribution < 1.29 is 31.1 Å². The van der Waals surface area contributed by atoms with E-state index < -0.39 is 35.9 Å². The maximum absolute atomic E-state index is 13.9. The van der Waals surface area contributed by atoms with Gasteiger partial charge in [0.15, 0.2) is 5.82 Å². The van der Waals surface area contributed by atoms with Crippen molar-refractivity contribution in [3.05, 3.63) is 89.2 Å². The summed E-state index contributed by atoms with van der Waals surface area (Å²) >= 11 is 0. The number of fused-ring (bicyclic) bond motifs is 1. The Hall–Kier alpha value is -4.15. The van der Waals surface area contributed by atoms with E-state index in [9.17, 15) is 31.1 Å². The predicted octanol–water partition coefficient (Wildman–Crippen LogP) is 6.35. The number of hydrogen-bond acceptors (Lipinski definition) is 3. The first-order chi connectivity index (χ1) is 16.9. The van der Waals surface area contributed by atoms with Gasteiger partial charge in [-0.3, -0.25) is 4.79 Å². The minimum atomic E-state index is -4.77. The summed E-state index contributed by atoms with van der Waals surface area (Å²) in [6, 6.07) is 12.9. The molecule has 0 fully saturated rings. The van der Waals surface area contributed by atoms with Crippen molar-refractivity contribution >= 4 is 11.6 Å². The maximum Gasteiger partial charge on any atom is 0.416 e. The summed E-state index contributed by atoms with van der Waals surface area (Å²) in [5, 5.41) is 7.85. The molecule has 36 heavy (non-hydrogen) atoms. The Morgan fingerprint density at radius 1 is 0.833 bits per heavy atom. The van der Waals surface area contributed by atoms with Gasteiger partial charge in [0.1, 0.15) is 6.33 Å². The molecule has 0 unspecified atom stereocenters. The standard InChI is InChI=1S/C25H16F6N4O/c1-34-13-32-33-22(34)18-6-3-2-5-17(18)14-9-15(24(26,27)28)11-16(10-14)35-12-20-19(23(35)36)7-4-8-21(20)25(29,30)31/h2-11,13H,12H2,1H3. The number of carbonyl (C=O) groups is 1. The first kappa shape index (κ1) is 23.6. The predicted molar refractivity (Wildman–Crippen MR) is 119 cm³/mol. The number of aryl methyl sites for hydroxylation is 1. The summed E-state index contributed by atoms with van der Waals surface area (Å²) in [5.74, 6) is -0.396. The van der Waals surface area contributed by atoms with Crippen LogP contribution in [0.2, 0.25) is 0 Å². The molecule has 4 aromatic rings. The molecule has 0 saturated heterocycles. The highest BCUT2D eigenvalue weighted by molar-refractivity contribution is 6.10. The number of rotatable bonds is 3. The van der Waals surface area contributed by atoms with E-state index in [-0.39, 0.29) is 22.4 Å². The molecule has 1 aromatic heterocycles. The Balaban J connectivity index is 1.67. The lowest BCUT2D eigenvalue weighted by Gasteiger charge is -2.20. The SMILES string of the molecule is Cn1cnnc1-c1ccccc1-c1cc(N2Cc3c(cccc3C(F)(F)F)C2=O)cc(C(F)(F)F)c1. The number of halogens is 6. The third kappa shape index (κ3) is 4.00. The molecule has 0 saturated carbocycles. The fourth-order valence-corrected chi connectivity index (χ4v) is 4.35. The lowest BCUT2D eigenvalue weighted by atomic mass is 9.96. The van der Waals surface area contributed by atoms with E-state index in [0.29, 0.717) is 17.0 Å². The van der Waals surface area contributed by atoms with Crippen molar-refractivity contribution in [2.75, 3.05) is 4.90 Å². The maximum atomic E-state index is 13.9. The van der Waals surface area contributed by atoms with Crippen LogP contribution in [-0.2, 0) is 25.9 Å². The van der Waals surface area contributed by atoms with Gasteiger partial charge in [0.25, 0.3) is 5.91 Å². The molecule has 0 aliphatic carbocycles. The van der Waals surface area contributed by atoms with E-state index in [2.05, 4.69) is 10.2 Å². The molecule has 0 spiro atoms. The van der Waals surface area contributed by atoms with Crippen molar-refractivity contribution in [3.63, 3.8) is 0 Å². The smallest absolute Gasteiger partial charge is 0.317 e. The summed E-state index contributed by atoms with van der Waals surface area (Å²) in [4.78, 5) is 14.0. The van der Waals surface area contributed by atoms with Crippen LogP contribution in [0.4, 0.5) is 32.0 Å². The normalized spacial score (nSPS) is 13.9. The number of benzene rings is 3. The highest BCUT2D eigenvalue weighted by atomic mass is 19.4. The molecule has 0 radical (unpaired) electrons. The minimum absolute atomic E-state index is 0.123. The van der Waals surface area contributed by atoms with Crippen LogP contribution in [0.3, 0.4) is 0 Å². The van der Waals surface area contributed by atoms with Gasteiger partial charge >= 0.3 is 12.4 Å². The first-order valence-corrected chi connectivity index (χ1v) is 10.6. The van der Waals surface area contributed by atoms with Gasteiger partial charge in [-0.15, -0.1) is 10.2 Å². The molecule has 0 N–H and O–H groups in total. The van der Waals surface area contributed by atoms with Gasteiger partial charge in [0, 0.05) is 23.9 Å². The number of hydrogen-bond donors (Lipinski definition) is 0. The highest BCUT2D eigenvalue weighted by Crippen LogP contribution is 2.42. The molecule has 1 aliphatic heterocycles. The summed E-state index contributed by atoms with van der Waals surface area (Å²) in [7, 11) is 1.68. The number of nitrogens with zero attached hydrogens (tertiary/aromatic N) is 4. The van der Waals surface area contributed by atoms with Gasteiger partial charge in [-0.2, -0.15) is 26.3 Å². The zero-order chi connectivity index (χ0) is 25.8. The molecule has 0 bridgehead atoms. The molecular formula is C25H16F6N4O. The molecule has 3 aromatic carbocycles. The number of anilines is 1. The van der Waals surface area contributed by atoms with Crippen LogP contribution in [0.5, 0.6) is 0 Å². The van der Waals surface area contributed by atoms with Crippen LogP contribution in [-0.4, -0.2) is 20.7 Å². The number of aromatic nitrogens is 3. The van der Waals surface area contributed by atoms with Gasteiger partial charge in [-0.25, -0.2) is 0 Å². The second kappa shape index (κ2) is 8.21. The molecule has 11 heteroatoms. The monoisotopic (exact) mass is 502 g/mol. The Labute approximate surface area is 200 Å². The van der Waals surface area contributed by atoms with Crippen LogP contribution in [0, 0.1) is 0 Å². The van der Waals surface area contributed by atoms with E-state index in [0.717, 1.165) is 29.2 Å². The van der Waals surface area contributed by atoms with E-state index in [4.69, 9.17) is 0 Å². The summed E-state index contributed by atoms with van der Waals surface area (Å²) in [6.07, 6.45) is -8.03. The first-order valence-electron chi connectivity index (χ1n) is 10.6. The highest BCUT2D eigenvalue weighted by Gasteiger charge is 2.40. The van der Waals surface area contributed by atoms with Gasteiger partial charge in [-0.1, -0.05) is 30.3 Å². The van der Waals surface area contributed by atoms with Crippen LogP contribution >= 0.6 is 0 Å². The zero-order valence-corrected chi connectivity index (χ0v) is 18.5. The summed E-state index contributed by atoms with van der Waals surface area (Å²) < 4.78 is 83.9. The van der Waals surface area contributed by atoms with E-state index in [1.54, 1.807) is 35.9 Å². The van der Waals surface area contributed by atoms with Crippen molar-refractivity contribution in [2.24, 2.45) is 7.05 Å². The largest absolute Gasteiger partial charge is 0.416 e. The zero-order valence-electron chi connectivity index (χ0n) is 18.5. The number of amides is 1. The average Bonchev–Trinajstić information content (AvgIpc) is 3.40. The summed E-state index contributed by atoms with van der Waals surface area (Å²) in [5.41, 5.74) is -1.64. The Morgan fingerprint density at radius 3 is 2.17 bits per heavy atom. The van der Waals surface area contributed by atoms with E-state index >= 15 is 0 Å². The van der Waals surface area contributed by atoms with Gasteiger partial charge in [-0.05, 0) is 47.0 Å². The molecule has 2 heterocycles. The minimum Gasteiger partial charge on any atom is -0.317 e. The Kier molecular flexibility index (Phi) is 5.38. The molecule has 5 nitrogen and oxygen atoms in total. The quantitative estimate of drug-likeness (QED) is 0.307. The molecule has 5 rings (SSSR count). The molecule has 184 valence electrons. The molecule has 1 amide bonds. The summed E-state index contributed by atoms with van der Waals surface area (Å²) in [6.45, 7) is -0.504. The lowest BCUT2D eigenvalue weighted by Crippen LogP contribution is -2.23. The topological polar surface area (TPSA) is 51.0 Å². The van der Waals surface area contributed by atoms with Crippen molar-refractivity contribution in [1.82, 2.24) is 14.8 Å². The molecular weight excluding hydrogens is 486 g/mol. The second-order valence-electron chi connectivity index (χ2n) is 8.30. The van der Waals surface area contributed by atoms with E-state index in [1.165, 1.54) is 18.5 Å². The van der Waals surface area contributed by atoms with Gasteiger partial charge < -0.3 is 9.47 Å². The average molecular weight is 502 g/mol. The van der Waals surface area contributed by atoms with Crippen molar-refractivity contribution in [2.45, 2.75) is 18.9 Å². The lowest BCUT2D eigenvalue weighted by molar-refractivity contribution is -0.138. The third-order valence-electron chi connectivity index (χ3n) is 6.02. The number of alkyl halides is 6. The van der Waals surface area contributed by atoms with Gasteiger partial charge in [0.05, 0.1) is 17.7 Å². The van der Waals surface area contributed by atoms with Crippen LogP contribution in [0.1, 0.15) is 27.0 Å². The fourth-order valence-electron chi connectivity index (χ4n) is 4.35. The number of carbonyl (C=O) groups excluding carboxylic acids is 1.